The van der Waals surface area contributed by atoms with Crippen LogP contribution in [0.2, 0.25) is 0 Å². The van der Waals surface area contributed by atoms with Crippen LogP contribution in [0.3, 0.4) is 0 Å². The SMILES string of the molecule is C=N/C(C)=C(/C)C(=C)C(C)CCNC. The van der Waals surface area contributed by atoms with E-state index in [4.69, 9.17) is 0 Å². The Morgan fingerprint density at radius 2 is 2.00 bits per heavy atom. The zero-order valence-electron chi connectivity index (χ0n) is 9.85. The third kappa shape index (κ3) is 3.88. The standard InChI is InChI=1S/C12H22N2/c1-9(7-8-13-5)10(2)11(3)12(4)14-6/h9,13H,2,6-8H2,1,3-5H3/b12-11-. The van der Waals surface area contributed by atoms with Gasteiger partial charge in [-0.15, -0.1) is 0 Å². The Balaban J connectivity index is 4.39. The van der Waals surface area contributed by atoms with Gasteiger partial charge in [-0.25, -0.2) is 0 Å². The van der Waals surface area contributed by atoms with Crippen molar-refractivity contribution in [1.82, 2.24) is 5.32 Å². The molecule has 0 aliphatic carbocycles. The Kier molecular flexibility index (Phi) is 6.13. The van der Waals surface area contributed by atoms with Crippen molar-refractivity contribution in [3.8, 4) is 0 Å². The fourth-order valence-corrected chi connectivity index (χ4v) is 1.26. The number of nitrogens with zero attached hydrogens (tertiary/aromatic N) is 1. The second-order valence-electron chi connectivity index (χ2n) is 3.69. The van der Waals surface area contributed by atoms with Crippen LogP contribution < -0.4 is 5.32 Å². The zero-order valence-corrected chi connectivity index (χ0v) is 9.85. The van der Waals surface area contributed by atoms with Gasteiger partial charge in [0.05, 0.1) is 0 Å². The number of hydrogen-bond donors (Lipinski definition) is 1. The molecule has 0 aliphatic rings. The first-order valence-corrected chi connectivity index (χ1v) is 5.02. The van der Waals surface area contributed by atoms with Crippen molar-refractivity contribution >= 4 is 6.72 Å². The maximum atomic E-state index is 4.10. The van der Waals surface area contributed by atoms with Crippen molar-refractivity contribution in [3.05, 3.63) is 23.4 Å². The first-order valence-electron chi connectivity index (χ1n) is 5.02. The molecular weight excluding hydrogens is 172 g/mol. The van der Waals surface area contributed by atoms with Crippen LogP contribution in [0.25, 0.3) is 0 Å². The van der Waals surface area contributed by atoms with Gasteiger partial charge in [0, 0.05) is 5.70 Å². The lowest BCUT2D eigenvalue weighted by Crippen LogP contribution is -2.13. The number of hydrogen-bond acceptors (Lipinski definition) is 2. The summed E-state index contributed by atoms with van der Waals surface area (Å²) in [5.41, 5.74) is 3.32. The van der Waals surface area contributed by atoms with Gasteiger partial charge in [0.25, 0.3) is 0 Å². The molecular formula is C12H22N2. The Bertz CT molecular complexity index is 239. The van der Waals surface area contributed by atoms with Crippen LogP contribution in [-0.4, -0.2) is 20.3 Å². The number of aliphatic imine (C=N–C) groups is 1. The highest BCUT2D eigenvalue weighted by molar-refractivity contribution is 5.37. The minimum absolute atomic E-state index is 0.499. The molecule has 0 bridgehead atoms. The van der Waals surface area contributed by atoms with Gasteiger partial charge in [-0.1, -0.05) is 13.5 Å². The average Bonchev–Trinajstić information content (AvgIpc) is 2.22. The van der Waals surface area contributed by atoms with E-state index >= 15 is 0 Å². The monoisotopic (exact) mass is 194 g/mol. The van der Waals surface area contributed by atoms with Crippen molar-refractivity contribution in [1.29, 1.82) is 0 Å². The van der Waals surface area contributed by atoms with E-state index < -0.39 is 0 Å². The Morgan fingerprint density at radius 3 is 2.43 bits per heavy atom. The van der Waals surface area contributed by atoms with Crippen molar-refractivity contribution in [2.75, 3.05) is 13.6 Å². The quantitative estimate of drug-likeness (QED) is 0.510. The molecule has 2 nitrogen and oxygen atoms in total. The summed E-state index contributed by atoms with van der Waals surface area (Å²) in [4.78, 5) is 3.93. The maximum Gasteiger partial charge on any atom is 0.0397 e. The fourth-order valence-electron chi connectivity index (χ4n) is 1.26. The van der Waals surface area contributed by atoms with E-state index in [1.54, 1.807) is 0 Å². The van der Waals surface area contributed by atoms with E-state index in [0.717, 1.165) is 18.7 Å². The van der Waals surface area contributed by atoms with Gasteiger partial charge in [0.15, 0.2) is 0 Å². The first-order chi connectivity index (χ1) is 6.54. The molecule has 0 radical (unpaired) electrons. The summed E-state index contributed by atoms with van der Waals surface area (Å²) < 4.78 is 0. The van der Waals surface area contributed by atoms with E-state index in [1.165, 1.54) is 11.1 Å². The molecule has 0 aromatic heterocycles. The van der Waals surface area contributed by atoms with Gasteiger partial charge in [-0.2, -0.15) is 0 Å². The molecule has 0 amide bonds. The van der Waals surface area contributed by atoms with E-state index in [1.807, 2.05) is 14.0 Å². The van der Waals surface area contributed by atoms with Gasteiger partial charge in [0.2, 0.25) is 0 Å². The van der Waals surface area contributed by atoms with Crippen LogP contribution in [0.4, 0.5) is 0 Å². The molecule has 0 saturated carbocycles. The van der Waals surface area contributed by atoms with Crippen LogP contribution in [-0.2, 0) is 0 Å². The van der Waals surface area contributed by atoms with E-state index in [-0.39, 0.29) is 0 Å². The topological polar surface area (TPSA) is 24.4 Å². The molecule has 0 rings (SSSR count). The predicted octanol–water partition coefficient (Wildman–Crippen LogP) is 2.78. The summed E-state index contributed by atoms with van der Waals surface area (Å²) in [6.07, 6.45) is 1.11. The largest absolute Gasteiger partial charge is 0.320 e. The lowest BCUT2D eigenvalue weighted by Gasteiger charge is -2.16. The van der Waals surface area contributed by atoms with Crippen molar-refractivity contribution in [2.45, 2.75) is 27.2 Å². The van der Waals surface area contributed by atoms with Crippen molar-refractivity contribution in [2.24, 2.45) is 10.9 Å². The average molecular weight is 194 g/mol. The van der Waals surface area contributed by atoms with E-state index in [0.29, 0.717) is 5.92 Å². The second kappa shape index (κ2) is 6.55. The molecule has 0 aromatic carbocycles. The zero-order chi connectivity index (χ0) is 11.1. The van der Waals surface area contributed by atoms with Gasteiger partial charge >= 0.3 is 0 Å². The number of allylic oxidation sites excluding steroid dienone is 3. The van der Waals surface area contributed by atoms with Crippen LogP contribution in [0.15, 0.2) is 28.4 Å². The van der Waals surface area contributed by atoms with Gasteiger partial charge < -0.3 is 5.32 Å². The Hall–Kier alpha value is -0.890. The molecule has 0 saturated heterocycles. The third-order valence-electron chi connectivity index (χ3n) is 2.68. The van der Waals surface area contributed by atoms with Crippen molar-refractivity contribution in [3.63, 3.8) is 0 Å². The highest BCUT2D eigenvalue weighted by Crippen LogP contribution is 2.22. The number of nitrogens with one attached hydrogen (secondary N) is 1. The lowest BCUT2D eigenvalue weighted by molar-refractivity contribution is 0.589. The van der Waals surface area contributed by atoms with Crippen LogP contribution in [0.1, 0.15) is 27.2 Å². The van der Waals surface area contributed by atoms with Crippen molar-refractivity contribution < 1.29 is 0 Å². The summed E-state index contributed by atoms with van der Waals surface area (Å²) in [6, 6.07) is 0. The maximum absolute atomic E-state index is 4.10. The minimum Gasteiger partial charge on any atom is -0.320 e. The molecule has 1 N–H and O–H groups in total. The van der Waals surface area contributed by atoms with Gasteiger partial charge in [0.1, 0.15) is 0 Å². The normalized spacial score (nSPS) is 14.6. The molecule has 2 heteroatoms. The molecule has 0 aliphatic heterocycles. The molecule has 1 unspecified atom stereocenters. The molecule has 14 heavy (non-hydrogen) atoms. The van der Waals surface area contributed by atoms with Gasteiger partial charge in [-0.05, 0) is 57.6 Å². The Labute approximate surface area is 87.8 Å². The predicted molar refractivity (Wildman–Crippen MR) is 64.8 cm³/mol. The molecule has 0 aromatic rings. The summed E-state index contributed by atoms with van der Waals surface area (Å²) in [5, 5.41) is 3.14. The molecule has 80 valence electrons. The lowest BCUT2D eigenvalue weighted by atomic mass is 9.92. The third-order valence-corrected chi connectivity index (χ3v) is 2.68. The van der Waals surface area contributed by atoms with Gasteiger partial charge in [-0.3, -0.25) is 4.99 Å². The number of rotatable bonds is 6. The molecule has 0 spiro atoms. The highest BCUT2D eigenvalue weighted by Gasteiger charge is 2.09. The molecule has 1 atom stereocenters. The van der Waals surface area contributed by atoms with E-state index in [2.05, 4.69) is 37.5 Å². The van der Waals surface area contributed by atoms with E-state index in [9.17, 15) is 0 Å². The summed E-state index contributed by atoms with van der Waals surface area (Å²) in [6.45, 7) is 14.9. The smallest absolute Gasteiger partial charge is 0.0397 e. The second-order valence-corrected chi connectivity index (χ2v) is 3.69. The first kappa shape index (κ1) is 13.1. The minimum atomic E-state index is 0.499. The summed E-state index contributed by atoms with van der Waals surface area (Å²) >= 11 is 0. The van der Waals surface area contributed by atoms with Crippen LogP contribution in [0, 0.1) is 5.92 Å². The fraction of sp³-hybridized carbons (Fsp3) is 0.583. The highest BCUT2D eigenvalue weighted by atomic mass is 14.8. The molecule has 0 fully saturated rings. The Morgan fingerprint density at radius 1 is 1.43 bits per heavy atom. The van der Waals surface area contributed by atoms with Crippen LogP contribution in [0.5, 0.6) is 0 Å². The molecule has 0 heterocycles. The summed E-state index contributed by atoms with van der Waals surface area (Å²) in [7, 11) is 1.97. The summed E-state index contributed by atoms with van der Waals surface area (Å²) in [5.74, 6) is 0.499. The van der Waals surface area contributed by atoms with Crippen LogP contribution >= 0.6 is 0 Å².